The van der Waals surface area contributed by atoms with Crippen LogP contribution in [0.2, 0.25) is 0 Å². The maximum Gasteiger partial charge on any atom is 0.248 e. The summed E-state index contributed by atoms with van der Waals surface area (Å²) in [7, 11) is 1.75. The van der Waals surface area contributed by atoms with Gasteiger partial charge < -0.3 is 10.6 Å². The summed E-state index contributed by atoms with van der Waals surface area (Å²) in [6.45, 7) is 2.18. The maximum atomic E-state index is 12.1. The van der Waals surface area contributed by atoms with Crippen molar-refractivity contribution in [2.45, 2.75) is 13.5 Å². The van der Waals surface area contributed by atoms with Crippen LogP contribution < -0.4 is 10.6 Å². The van der Waals surface area contributed by atoms with Crippen LogP contribution in [0.15, 0.2) is 36.5 Å². The summed E-state index contributed by atoms with van der Waals surface area (Å²) < 4.78 is 1.53. The zero-order valence-electron chi connectivity index (χ0n) is 10.5. The molecule has 0 aliphatic carbocycles. The van der Waals surface area contributed by atoms with E-state index in [-0.39, 0.29) is 12.5 Å². The normalized spacial score (nSPS) is 10.3. The number of carbonyl (C=O) groups excluding carboxylic acids is 1. The largest absolute Gasteiger partial charge is 0.382 e. The van der Waals surface area contributed by atoms with E-state index in [1.54, 1.807) is 24.2 Å². The number of hydrogen-bond donors (Lipinski definition) is 1. The van der Waals surface area contributed by atoms with Crippen molar-refractivity contribution in [2.75, 3.05) is 17.7 Å². The van der Waals surface area contributed by atoms with Crippen molar-refractivity contribution in [1.82, 2.24) is 9.78 Å². The van der Waals surface area contributed by atoms with E-state index in [1.807, 2.05) is 31.2 Å². The van der Waals surface area contributed by atoms with Crippen LogP contribution in [0.4, 0.5) is 11.5 Å². The molecule has 0 atom stereocenters. The van der Waals surface area contributed by atoms with Crippen LogP contribution in [0.1, 0.15) is 5.56 Å². The molecule has 1 aromatic carbocycles. The molecule has 0 bridgehead atoms. The highest BCUT2D eigenvalue weighted by Crippen LogP contribution is 2.14. The molecule has 0 aliphatic heterocycles. The van der Waals surface area contributed by atoms with Gasteiger partial charge >= 0.3 is 0 Å². The molecule has 0 fully saturated rings. The van der Waals surface area contributed by atoms with Crippen molar-refractivity contribution >= 4 is 17.4 Å². The number of likely N-dealkylation sites (N-methyl/N-ethyl adjacent to an activating group) is 1. The Kier molecular flexibility index (Phi) is 3.32. The molecular weight excluding hydrogens is 228 g/mol. The molecule has 1 aromatic heterocycles. The van der Waals surface area contributed by atoms with Crippen LogP contribution in [0.25, 0.3) is 0 Å². The van der Waals surface area contributed by atoms with Gasteiger partial charge in [0.05, 0.1) is 0 Å². The minimum absolute atomic E-state index is 0.0382. The van der Waals surface area contributed by atoms with E-state index in [0.717, 1.165) is 11.3 Å². The predicted octanol–water partition coefficient (Wildman–Crippen LogP) is 1.44. The van der Waals surface area contributed by atoms with Gasteiger partial charge in [-0.1, -0.05) is 12.1 Å². The fourth-order valence-electron chi connectivity index (χ4n) is 1.69. The number of aromatic nitrogens is 2. The number of nitrogens with zero attached hydrogens (tertiary/aromatic N) is 3. The molecular formula is C13H16N4O. The van der Waals surface area contributed by atoms with Gasteiger partial charge in [-0.05, 0) is 30.7 Å². The van der Waals surface area contributed by atoms with Crippen LogP contribution in [0.5, 0.6) is 0 Å². The van der Waals surface area contributed by atoms with Gasteiger partial charge in [0.1, 0.15) is 12.4 Å². The molecule has 5 heteroatoms. The van der Waals surface area contributed by atoms with Crippen molar-refractivity contribution in [1.29, 1.82) is 0 Å². The Labute approximate surface area is 106 Å². The van der Waals surface area contributed by atoms with Crippen LogP contribution >= 0.6 is 0 Å². The topological polar surface area (TPSA) is 64.2 Å². The van der Waals surface area contributed by atoms with Gasteiger partial charge in [0.2, 0.25) is 5.91 Å². The number of anilines is 2. The van der Waals surface area contributed by atoms with E-state index in [4.69, 9.17) is 5.73 Å². The van der Waals surface area contributed by atoms with Gasteiger partial charge in [0.15, 0.2) is 0 Å². The van der Waals surface area contributed by atoms with Gasteiger partial charge in [0, 0.05) is 18.9 Å². The van der Waals surface area contributed by atoms with Crippen LogP contribution in [-0.2, 0) is 11.3 Å². The zero-order chi connectivity index (χ0) is 13.1. The summed E-state index contributed by atoms with van der Waals surface area (Å²) in [4.78, 5) is 13.7. The first-order valence-corrected chi connectivity index (χ1v) is 5.68. The minimum atomic E-state index is -0.0382. The number of aryl methyl sites for hydroxylation is 1. The highest BCUT2D eigenvalue weighted by atomic mass is 16.2. The second kappa shape index (κ2) is 4.91. The SMILES string of the molecule is Cc1cccc(N(C)C(=O)Cn2ccc(N)n2)c1. The summed E-state index contributed by atoms with van der Waals surface area (Å²) in [6, 6.07) is 9.47. The molecule has 2 aromatic rings. The Morgan fingerprint density at radius 1 is 1.44 bits per heavy atom. The number of rotatable bonds is 3. The molecule has 0 radical (unpaired) electrons. The second-order valence-corrected chi connectivity index (χ2v) is 4.23. The third-order valence-corrected chi connectivity index (χ3v) is 2.72. The highest BCUT2D eigenvalue weighted by molar-refractivity contribution is 5.92. The molecule has 1 amide bonds. The molecule has 0 saturated heterocycles. The van der Waals surface area contributed by atoms with Crippen molar-refractivity contribution in [3.8, 4) is 0 Å². The second-order valence-electron chi connectivity index (χ2n) is 4.23. The number of nitrogens with two attached hydrogens (primary N) is 1. The molecule has 18 heavy (non-hydrogen) atoms. The standard InChI is InChI=1S/C13H16N4O/c1-10-4-3-5-11(8-10)16(2)13(18)9-17-7-6-12(14)15-17/h3-8H,9H2,1-2H3,(H2,14,15). The summed E-state index contributed by atoms with van der Waals surface area (Å²) in [5, 5.41) is 3.99. The number of hydrogen-bond acceptors (Lipinski definition) is 3. The van der Waals surface area contributed by atoms with Gasteiger partial charge in [-0.25, -0.2) is 0 Å². The van der Waals surface area contributed by atoms with Gasteiger partial charge in [-0.15, -0.1) is 0 Å². The Morgan fingerprint density at radius 3 is 2.83 bits per heavy atom. The van der Waals surface area contributed by atoms with E-state index in [0.29, 0.717) is 5.82 Å². The average molecular weight is 244 g/mol. The van der Waals surface area contributed by atoms with Crippen molar-refractivity contribution in [2.24, 2.45) is 0 Å². The maximum absolute atomic E-state index is 12.1. The van der Waals surface area contributed by atoms with E-state index in [1.165, 1.54) is 4.68 Å². The van der Waals surface area contributed by atoms with E-state index in [2.05, 4.69) is 5.10 Å². The highest BCUT2D eigenvalue weighted by Gasteiger charge is 2.11. The van der Waals surface area contributed by atoms with Crippen molar-refractivity contribution in [3.05, 3.63) is 42.1 Å². The Bertz CT molecular complexity index is 562. The summed E-state index contributed by atoms with van der Waals surface area (Å²) in [6.07, 6.45) is 1.69. The summed E-state index contributed by atoms with van der Waals surface area (Å²) in [5.41, 5.74) is 7.50. The Morgan fingerprint density at radius 2 is 2.22 bits per heavy atom. The van der Waals surface area contributed by atoms with Crippen LogP contribution in [0, 0.1) is 6.92 Å². The lowest BCUT2D eigenvalue weighted by Gasteiger charge is -2.17. The molecule has 0 unspecified atom stereocenters. The quantitative estimate of drug-likeness (QED) is 0.888. The van der Waals surface area contributed by atoms with E-state index >= 15 is 0 Å². The van der Waals surface area contributed by atoms with Gasteiger partial charge in [-0.2, -0.15) is 5.10 Å². The van der Waals surface area contributed by atoms with Crippen molar-refractivity contribution in [3.63, 3.8) is 0 Å². The molecule has 5 nitrogen and oxygen atoms in total. The van der Waals surface area contributed by atoms with Gasteiger partial charge in [0.25, 0.3) is 0 Å². The van der Waals surface area contributed by atoms with Crippen molar-refractivity contribution < 1.29 is 4.79 Å². The number of benzene rings is 1. The first-order valence-electron chi connectivity index (χ1n) is 5.68. The molecule has 2 rings (SSSR count). The van der Waals surface area contributed by atoms with E-state index in [9.17, 15) is 4.79 Å². The third kappa shape index (κ3) is 2.68. The first kappa shape index (κ1) is 12.2. The summed E-state index contributed by atoms with van der Waals surface area (Å²) in [5.74, 6) is 0.379. The molecule has 0 aliphatic rings. The first-order chi connectivity index (χ1) is 8.56. The fraction of sp³-hybridized carbons (Fsp3) is 0.231. The smallest absolute Gasteiger partial charge is 0.248 e. The number of carbonyl (C=O) groups is 1. The number of amides is 1. The number of nitrogen functional groups attached to an aromatic ring is 1. The predicted molar refractivity (Wildman–Crippen MR) is 71.2 cm³/mol. The minimum Gasteiger partial charge on any atom is -0.382 e. The lowest BCUT2D eigenvalue weighted by molar-refractivity contribution is -0.119. The molecule has 2 N–H and O–H groups in total. The lowest BCUT2D eigenvalue weighted by Crippen LogP contribution is -2.30. The molecule has 94 valence electrons. The van der Waals surface area contributed by atoms with Crippen LogP contribution in [0.3, 0.4) is 0 Å². The van der Waals surface area contributed by atoms with E-state index < -0.39 is 0 Å². The van der Waals surface area contributed by atoms with Crippen LogP contribution in [-0.4, -0.2) is 22.7 Å². The fourth-order valence-corrected chi connectivity index (χ4v) is 1.69. The van der Waals surface area contributed by atoms with Gasteiger partial charge in [-0.3, -0.25) is 9.48 Å². The summed E-state index contributed by atoms with van der Waals surface area (Å²) >= 11 is 0. The monoisotopic (exact) mass is 244 g/mol. The Hall–Kier alpha value is -2.30. The lowest BCUT2D eigenvalue weighted by atomic mass is 10.2. The molecule has 0 spiro atoms. The average Bonchev–Trinajstić information content (AvgIpc) is 2.73. The Balaban J connectivity index is 2.09. The molecule has 0 saturated carbocycles. The molecule has 1 heterocycles. The zero-order valence-corrected chi connectivity index (χ0v) is 10.5. The third-order valence-electron chi connectivity index (χ3n) is 2.72.